The zero-order chi connectivity index (χ0) is 7.68. The molecule has 0 unspecified atom stereocenters. The molecule has 2 heterocycles. The normalized spacial score (nSPS) is 10.3. The Kier molecular flexibility index (Phi) is 1.43. The first-order chi connectivity index (χ1) is 5.38. The van der Waals surface area contributed by atoms with Crippen LogP contribution < -0.4 is 0 Å². The monoisotopic (exact) mass is 166 g/mol. The van der Waals surface area contributed by atoms with Gasteiger partial charge in [0.2, 0.25) is 0 Å². The van der Waals surface area contributed by atoms with Gasteiger partial charge in [0, 0.05) is 18.0 Å². The summed E-state index contributed by atoms with van der Waals surface area (Å²) in [6.07, 6.45) is 0. The van der Waals surface area contributed by atoms with Gasteiger partial charge in [-0.3, -0.25) is 0 Å². The molecule has 0 amide bonds. The molecule has 0 atom stereocenters. The molecule has 2 aromatic rings. The van der Waals surface area contributed by atoms with Crippen LogP contribution in [0.1, 0.15) is 0 Å². The van der Waals surface area contributed by atoms with Gasteiger partial charge in [-0.25, -0.2) is 4.68 Å². The lowest BCUT2D eigenvalue weighted by Gasteiger charge is -1.91. The van der Waals surface area contributed by atoms with Crippen molar-refractivity contribution in [2.75, 3.05) is 0 Å². The van der Waals surface area contributed by atoms with E-state index in [0.29, 0.717) is 0 Å². The molecule has 0 saturated carbocycles. The number of hydrogen-bond donors (Lipinski definition) is 0. The smallest absolute Gasteiger partial charge is 0.182 e. The lowest BCUT2D eigenvalue weighted by molar-refractivity contribution is 0.715. The SMILES string of the molecule is Cn1nnnc1-c1ccsc1. The summed E-state index contributed by atoms with van der Waals surface area (Å²) >= 11 is 1.64. The van der Waals surface area contributed by atoms with Crippen molar-refractivity contribution in [1.29, 1.82) is 0 Å². The minimum absolute atomic E-state index is 0.811. The van der Waals surface area contributed by atoms with Gasteiger partial charge in [0.25, 0.3) is 0 Å². The number of thiophene rings is 1. The highest BCUT2D eigenvalue weighted by Gasteiger charge is 2.03. The molecule has 5 heteroatoms. The molecule has 0 fully saturated rings. The van der Waals surface area contributed by atoms with Crippen LogP contribution in [0.15, 0.2) is 16.8 Å². The number of aryl methyl sites for hydroxylation is 1. The lowest BCUT2D eigenvalue weighted by atomic mass is 10.3. The van der Waals surface area contributed by atoms with Gasteiger partial charge < -0.3 is 0 Å². The molecule has 4 nitrogen and oxygen atoms in total. The summed E-state index contributed by atoms with van der Waals surface area (Å²) in [4.78, 5) is 0. The third-order valence-electron chi connectivity index (χ3n) is 1.40. The second kappa shape index (κ2) is 2.43. The van der Waals surface area contributed by atoms with E-state index in [1.165, 1.54) is 0 Å². The maximum absolute atomic E-state index is 3.87. The second-order valence-electron chi connectivity index (χ2n) is 2.14. The van der Waals surface area contributed by atoms with Crippen LogP contribution in [-0.2, 0) is 7.05 Å². The van der Waals surface area contributed by atoms with E-state index in [-0.39, 0.29) is 0 Å². The molecular weight excluding hydrogens is 160 g/mol. The Labute approximate surface area is 67.5 Å². The molecule has 0 aromatic carbocycles. The largest absolute Gasteiger partial charge is 0.229 e. The molecule has 0 N–H and O–H groups in total. The maximum Gasteiger partial charge on any atom is 0.182 e. The van der Waals surface area contributed by atoms with Crippen molar-refractivity contribution in [2.24, 2.45) is 7.05 Å². The highest BCUT2D eigenvalue weighted by Crippen LogP contribution is 2.17. The highest BCUT2D eigenvalue weighted by atomic mass is 32.1. The third-order valence-corrected chi connectivity index (χ3v) is 2.08. The van der Waals surface area contributed by atoms with E-state index in [1.807, 2.05) is 23.9 Å². The topological polar surface area (TPSA) is 43.6 Å². The molecule has 11 heavy (non-hydrogen) atoms. The molecule has 0 aliphatic carbocycles. The van der Waals surface area contributed by atoms with Gasteiger partial charge in [-0.1, -0.05) is 0 Å². The number of tetrazole rings is 1. The first-order valence-corrected chi connectivity index (χ1v) is 4.07. The van der Waals surface area contributed by atoms with Crippen LogP contribution in [0.3, 0.4) is 0 Å². The fourth-order valence-electron chi connectivity index (χ4n) is 0.866. The summed E-state index contributed by atoms with van der Waals surface area (Å²) in [5.74, 6) is 0.811. The summed E-state index contributed by atoms with van der Waals surface area (Å²) < 4.78 is 1.65. The molecule has 0 aliphatic heterocycles. The Morgan fingerprint density at radius 1 is 1.55 bits per heavy atom. The van der Waals surface area contributed by atoms with Gasteiger partial charge in [-0.05, 0) is 21.9 Å². The van der Waals surface area contributed by atoms with E-state index >= 15 is 0 Å². The highest BCUT2D eigenvalue weighted by molar-refractivity contribution is 7.08. The summed E-state index contributed by atoms with van der Waals surface area (Å²) in [7, 11) is 1.83. The fourth-order valence-corrected chi connectivity index (χ4v) is 1.50. The Hall–Kier alpha value is -1.23. The lowest BCUT2D eigenvalue weighted by Crippen LogP contribution is -1.92. The van der Waals surface area contributed by atoms with Crippen molar-refractivity contribution >= 4 is 11.3 Å². The van der Waals surface area contributed by atoms with Crippen molar-refractivity contribution in [2.45, 2.75) is 0 Å². The van der Waals surface area contributed by atoms with E-state index in [1.54, 1.807) is 16.0 Å². The van der Waals surface area contributed by atoms with Crippen LogP contribution in [0.4, 0.5) is 0 Å². The Morgan fingerprint density at radius 3 is 3.00 bits per heavy atom. The van der Waals surface area contributed by atoms with E-state index in [4.69, 9.17) is 0 Å². The van der Waals surface area contributed by atoms with Crippen molar-refractivity contribution < 1.29 is 0 Å². The Morgan fingerprint density at radius 2 is 2.45 bits per heavy atom. The van der Waals surface area contributed by atoms with Crippen molar-refractivity contribution in [3.8, 4) is 11.4 Å². The number of nitrogens with zero attached hydrogens (tertiary/aromatic N) is 4. The number of hydrogen-bond acceptors (Lipinski definition) is 4. The first kappa shape index (κ1) is 6.48. The van der Waals surface area contributed by atoms with E-state index in [9.17, 15) is 0 Å². The Bertz CT molecular complexity index is 337. The molecule has 56 valence electrons. The van der Waals surface area contributed by atoms with Gasteiger partial charge in [-0.15, -0.1) is 5.10 Å². The van der Waals surface area contributed by atoms with Gasteiger partial charge in [-0.2, -0.15) is 11.3 Å². The molecule has 0 bridgehead atoms. The van der Waals surface area contributed by atoms with Crippen molar-refractivity contribution in [3.05, 3.63) is 16.8 Å². The average molecular weight is 166 g/mol. The van der Waals surface area contributed by atoms with Crippen molar-refractivity contribution in [1.82, 2.24) is 20.2 Å². The predicted octanol–water partition coefficient (Wildman–Crippen LogP) is 0.939. The summed E-state index contributed by atoms with van der Waals surface area (Å²) in [5.41, 5.74) is 1.07. The molecule has 0 aliphatic rings. The predicted molar refractivity (Wildman–Crippen MR) is 42.1 cm³/mol. The number of rotatable bonds is 1. The number of aromatic nitrogens is 4. The minimum Gasteiger partial charge on any atom is -0.229 e. The fraction of sp³-hybridized carbons (Fsp3) is 0.167. The summed E-state index contributed by atoms with van der Waals surface area (Å²) in [6.45, 7) is 0. The third kappa shape index (κ3) is 1.03. The summed E-state index contributed by atoms with van der Waals surface area (Å²) in [5, 5.41) is 15.2. The van der Waals surface area contributed by atoms with Crippen LogP contribution in [-0.4, -0.2) is 20.2 Å². The van der Waals surface area contributed by atoms with Crippen LogP contribution in [0, 0.1) is 0 Å². The van der Waals surface area contributed by atoms with Crippen LogP contribution in [0.2, 0.25) is 0 Å². The van der Waals surface area contributed by atoms with E-state index in [0.717, 1.165) is 11.4 Å². The van der Waals surface area contributed by atoms with Crippen LogP contribution in [0.5, 0.6) is 0 Å². The van der Waals surface area contributed by atoms with Gasteiger partial charge in [0.1, 0.15) is 0 Å². The molecule has 0 radical (unpaired) electrons. The first-order valence-electron chi connectivity index (χ1n) is 3.13. The average Bonchev–Trinajstić information content (AvgIpc) is 2.55. The zero-order valence-electron chi connectivity index (χ0n) is 5.93. The molecule has 2 aromatic heterocycles. The molecule has 0 saturated heterocycles. The Balaban J connectivity index is 2.53. The van der Waals surface area contributed by atoms with E-state index in [2.05, 4.69) is 15.5 Å². The molecular formula is C6H6N4S. The molecule has 0 spiro atoms. The quantitative estimate of drug-likeness (QED) is 0.633. The second-order valence-corrected chi connectivity index (χ2v) is 2.92. The van der Waals surface area contributed by atoms with Gasteiger partial charge >= 0.3 is 0 Å². The van der Waals surface area contributed by atoms with Crippen LogP contribution >= 0.6 is 11.3 Å². The summed E-state index contributed by atoms with van der Waals surface area (Å²) in [6, 6.07) is 2.00. The minimum atomic E-state index is 0.811. The molecule has 2 rings (SSSR count). The maximum atomic E-state index is 3.87. The zero-order valence-corrected chi connectivity index (χ0v) is 6.75. The van der Waals surface area contributed by atoms with Gasteiger partial charge in [0.15, 0.2) is 5.82 Å². The standard InChI is InChI=1S/C6H6N4S/c1-10-6(7-8-9-10)5-2-3-11-4-5/h2-4H,1H3. The van der Waals surface area contributed by atoms with Crippen LogP contribution in [0.25, 0.3) is 11.4 Å². The van der Waals surface area contributed by atoms with Gasteiger partial charge in [0.05, 0.1) is 0 Å². The van der Waals surface area contributed by atoms with E-state index < -0.39 is 0 Å². The van der Waals surface area contributed by atoms with Crippen molar-refractivity contribution in [3.63, 3.8) is 0 Å².